The van der Waals surface area contributed by atoms with Crippen molar-refractivity contribution in [3.8, 4) is 0 Å². The predicted octanol–water partition coefficient (Wildman–Crippen LogP) is 2.87. The van der Waals surface area contributed by atoms with Gasteiger partial charge in [-0.05, 0) is 61.3 Å². The van der Waals surface area contributed by atoms with Gasteiger partial charge in [0.1, 0.15) is 0 Å². The van der Waals surface area contributed by atoms with Crippen LogP contribution in [0.5, 0.6) is 0 Å². The molecule has 4 atom stereocenters. The van der Waals surface area contributed by atoms with Crippen LogP contribution >= 0.6 is 0 Å². The Bertz CT molecular complexity index is 806. The summed E-state index contributed by atoms with van der Waals surface area (Å²) in [6.07, 6.45) is 7.21. The zero-order chi connectivity index (χ0) is 18.7. The number of hydrogen-bond donors (Lipinski definition) is 0. The van der Waals surface area contributed by atoms with Gasteiger partial charge >= 0.3 is 0 Å². The SMILES string of the molecule is CC1CCN(C(=O)c2ccc(N3C(=O)[C@@H]4[C@H](C3=O)[C@H]3C=C[C@@H]4C3)cc2)CC1. The number of piperidine rings is 1. The van der Waals surface area contributed by atoms with Gasteiger partial charge in [-0.25, -0.2) is 0 Å². The van der Waals surface area contributed by atoms with Crippen LogP contribution in [0, 0.1) is 29.6 Å². The normalized spacial score (nSPS) is 32.5. The number of fused-ring (bicyclic) bond motifs is 5. The molecule has 2 bridgehead atoms. The number of anilines is 1. The fraction of sp³-hybridized carbons (Fsp3) is 0.500. The third-order valence-electron chi connectivity index (χ3n) is 6.91. The van der Waals surface area contributed by atoms with Gasteiger partial charge in [0.05, 0.1) is 17.5 Å². The Morgan fingerprint density at radius 3 is 2.04 bits per heavy atom. The van der Waals surface area contributed by atoms with Gasteiger partial charge in [-0.3, -0.25) is 19.3 Å². The van der Waals surface area contributed by atoms with E-state index in [1.54, 1.807) is 24.3 Å². The number of allylic oxidation sites excluding steroid dienone is 2. The van der Waals surface area contributed by atoms with Gasteiger partial charge in [0.25, 0.3) is 5.91 Å². The first kappa shape index (κ1) is 16.7. The van der Waals surface area contributed by atoms with Crippen molar-refractivity contribution in [3.05, 3.63) is 42.0 Å². The molecule has 0 spiro atoms. The van der Waals surface area contributed by atoms with Crippen LogP contribution in [-0.2, 0) is 9.59 Å². The molecule has 0 unspecified atom stereocenters. The molecule has 3 fully saturated rings. The van der Waals surface area contributed by atoms with Crippen molar-refractivity contribution in [2.45, 2.75) is 26.2 Å². The van der Waals surface area contributed by atoms with Gasteiger partial charge in [0, 0.05) is 18.7 Å². The minimum absolute atomic E-state index is 0.0339. The minimum atomic E-state index is -0.191. The van der Waals surface area contributed by atoms with Crippen molar-refractivity contribution in [2.75, 3.05) is 18.0 Å². The van der Waals surface area contributed by atoms with E-state index in [1.807, 2.05) is 4.90 Å². The molecule has 2 aliphatic heterocycles. The van der Waals surface area contributed by atoms with E-state index in [0.717, 1.165) is 32.4 Å². The summed E-state index contributed by atoms with van der Waals surface area (Å²) in [6.45, 7) is 3.81. The highest BCUT2D eigenvalue weighted by molar-refractivity contribution is 6.22. The maximum Gasteiger partial charge on any atom is 0.253 e. The number of carbonyl (C=O) groups is 3. The van der Waals surface area contributed by atoms with Crippen molar-refractivity contribution in [1.29, 1.82) is 0 Å². The number of imide groups is 1. The summed E-state index contributed by atoms with van der Waals surface area (Å²) >= 11 is 0. The molecule has 2 saturated heterocycles. The average Bonchev–Trinajstić information content (AvgIpc) is 3.36. The average molecular weight is 364 g/mol. The number of likely N-dealkylation sites (tertiary alicyclic amines) is 1. The molecule has 5 rings (SSSR count). The predicted molar refractivity (Wildman–Crippen MR) is 101 cm³/mol. The number of benzene rings is 1. The maximum absolute atomic E-state index is 12.9. The molecule has 140 valence electrons. The molecule has 4 aliphatic rings. The highest BCUT2D eigenvalue weighted by atomic mass is 16.2. The number of nitrogens with zero attached hydrogens (tertiary/aromatic N) is 2. The summed E-state index contributed by atoms with van der Waals surface area (Å²) in [7, 11) is 0. The van der Waals surface area contributed by atoms with Gasteiger partial charge in [-0.1, -0.05) is 19.1 Å². The Kier molecular flexibility index (Phi) is 3.74. The summed E-state index contributed by atoms with van der Waals surface area (Å²) in [5.41, 5.74) is 1.21. The van der Waals surface area contributed by atoms with Crippen molar-refractivity contribution in [1.82, 2.24) is 4.90 Å². The zero-order valence-corrected chi connectivity index (χ0v) is 15.5. The van der Waals surface area contributed by atoms with E-state index < -0.39 is 0 Å². The van der Waals surface area contributed by atoms with Crippen molar-refractivity contribution in [3.63, 3.8) is 0 Å². The molecule has 3 amide bonds. The quantitative estimate of drug-likeness (QED) is 0.599. The molecule has 0 N–H and O–H groups in total. The van der Waals surface area contributed by atoms with Crippen LogP contribution in [0.3, 0.4) is 0 Å². The van der Waals surface area contributed by atoms with Crippen molar-refractivity contribution >= 4 is 23.4 Å². The summed E-state index contributed by atoms with van der Waals surface area (Å²) in [6, 6.07) is 6.98. The number of hydrogen-bond acceptors (Lipinski definition) is 3. The highest BCUT2D eigenvalue weighted by Crippen LogP contribution is 2.53. The van der Waals surface area contributed by atoms with E-state index in [-0.39, 0.29) is 41.4 Å². The minimum Gasteiger partial charge on any atom is -0.339 e. The fourth-order valence-corrected chi connectivity index (χ4v) is 5.30. The van der Waals surface area contributed by atoms with Gasteiger partial charge in [-0.15, -0.1) is 0 Å². The molecular formula is C22H24N2O3. The van der Waals surface area contributed by atoms with Crippen LogP contribution in [0.2, 0.25) is 0 Å². The standard InChI is InChI=1S/C22H24N2O3/c1-13-8-10-23(11-9-13)20(25)14-4-6-17(7-5-14)24-21(26)18-15-2-3-16(12-15)19(18)22(24)27/h2-7,13,15-16,18-19H,8-12H2,1H3/t15-,16+,18+,19-. The fourth-order valence-electron chi connectivity index (χ4n) is 5.30. The van der Waals surface area contributed by atoms with Crippen molar-refractivity contribution < 1.29 is 14.4 Å². The lowest BCUT2D eigenvalue weighted by Crippen LogP contribution is -2.38. The van der Waals surface area contributed by atoms with Gasteiger partial charge < -0.3 is 4.90 Å². The van der Waals surface area contributed by atoms with E-state index in [0.29, 0.717) is 17.2 Å². The number of amides is 3. The number of carbonyl (C=O) groups excluding carboxylic acids is 3. The van der Waals surface area contributed by atoms with E-state index in [9.17, 15) is 14.4 Å². The molecule has 1 aromatic rings. The first-order valence-corrected chi connectivity index (χ1v) is 10.00. The summed E-state index contributed by atoms with van der Waals surface area (Å²) < 4.78 is 0. The largest absolute Gasteiger partial charge is 0.339 e. The number of rotatable bonds is 2. The molecule has 0 radical (unpaired) electrons. The summed E-state index contributed by atoms with van der Waals surface area (Å²) in [5, 5.41) is 0. The molecule has 2 heterocycles. The molecule has 1 saturated carbocycles. The summed E-state index contributed by atoms with van der Waals surface area (Å²) in [4.78, 5) is 41.7. The first-order chi connectivity index (χ1) is 13.0. The Balaban J connectivity index is 1.34. The third-order valence-corrected chi connectivity index (χ3v) is 6.91. The molecule has 27 heavy (non-hydrogen) atoms. The molecule has 2 aliphatic carbocycles. The summed E-state index contributed by atoms with van der Waals surface area (Å²) in [5.74, 6) is 0.595. The van der Waals surface area contributed by atoms with Gasteiger partial charge in [0.2, 0.25) is 11.8 Å². The second-order valence-electron chi connectivity index (χ2n) is 8.53. The van der Waals surface area contributed by atoms with Crippen LogP contribution in [0.1, 0.15) is 36.5 Å². The van der Waals surface area contributed by atoms with E-state index in [1.165, 1.54) is 4.90 Å². The van der Waals surface area contributed by atoms with Crippen LogP contribution in [-0.4, -0.2) is 35.7 Å². The van der Waals surface area contributed by atoms with Crippen LogP contribution in [0.15, 0.2) is 36.4 Å². The maximum atomic E-state index is 12.9. The van der Waals surface area contributed by atoms with Crippen molar-refractivity contribution in [2.24, 2.45) is 29.6 Å². The first-order valence-electron chi connectivity index (χ1n) is 10.00. The Morgan fingerprint density at radius 1 is 0.926 bits per heavy atom. The molecular weight excluding hydrogens is 340 g/mol. The highest BCUT2D eigenvalue weighted by Gasteiger charge is 2.59. The Labute approximate surface area is 159 Å². The third kappa shape index (κ3) is 2.47. The van der Waals surface area contributed by atoms with E-state index >= 15 is 0 Å². The molecule has 5 heteroatoms. The Morgan fingerprint density at radius 2 is 1.48 bits per heavy atom. The molecule has 0 aromatic heterocycles. The second-order valence-corrected chi connectivity index (χ2v) is 8.53. The topological polar surface area (TPSA) is 57.7 Å². The lowest BCUT2D eigenvalue weighted by molar-refractivity contribution is -0.123. The van der Waals surface area contributed by atoms with Crippen LogP contribution in [0.4, 0.5) is 5.69 Å². The Hall–Kier alpha value is -2.43. The lowest BCUT2D eigenvalue weighted by Gasteiger charge is -2.30. The monoisotopic (exact) mass is 364 g/mol. The van der Waals surface area contributed by atoms with E-state index in [2.05, 4.69) is 19.1 Å². The zero-order valence-electron chi connectivity index (χ0n) is 15.5. The molecule has 1 aromatic carbocycles. The lowest BCUT2D eigenvalue weighted by atomic mass is 9.85. The smallest absolute Gasteiger partial charge is 0.253 e. The van der Waals surface area contributed by atoms with Gasteiger partial charge in [-0.2, -0.15) is 0 Å². The van der Waals surface area contributed by atoms with Crippen LogP contribution < -0.4 is 4.90 Å². The second kappa shape index (κ2) is 6.04. The van der Waals surface area contributed by atoms with Gasteiger partial charge in [0.15, 0.2) is 0 Å². The van der Waals surface area contributed by atoms with Crippen LogP contribution in [0.25, 0.3) is 0 Å². The van der Waals surface area contributed by atoms with E-state index in [4.69, 9.17) is 0 Å². The molecule has 5 nitrogen and oxygen atoms in total.